The Balaban J connectivity index is 2.03. The molecule has 0 aliphatic heterocycles. The molecule has 1 aromatic heterocycles. The Morgan fingerprint density at radius 2 is 2.19 bits per heavy atom. The summed E-state index contributed by atoms with van der Waals surface area (Å²) in [5, 5.41) is 2.22. The molecule has 0 radical (unpaired) electrons. The Kier molecular flexibility index (Phi) is 4.06. The summed E-state index contributed by atoms with van der Waals surface area (Å²) in [5.74, 6) is 0. The molecule has 4 heteroatoms. The summed E-state index contributed by atoms with van der Waals surface area (Å²) in [6, 6.07) is 2.21. The molecule has 0 spiro atoms. The van der Waals surface area contributed by atoms with Crippen LogP contribution < -0.4 is 5.73 Å². The molecule has 1 fully saturated rings. The lowest BCUT2D eigenvalue weighted by Gasteiger charge is -2.37. The minimum atomic E-state index is 0.258. The summed E-state index contributed by atoms with van der Waals surface area (Å²) in [4.78, 5) is 2.45. The van der Waals surface area contributed by atoms with E-state index in [-0.39, 0.29) is 5.54 Å². The van der Waals surface area contributed by atoms with Crippen LogP contribution >= 0.6 is 27.3 Å². The van der Waals surface area contributed by atoms with Crippen molar-refractivity contribution in [2.75, 3.05) is 13.6 Å². The van der Waals surface area contributed by atoms with Gasteiger partial charge in [0.15, 0.2) is 0 Å². The van der Waals surface area contributed by atoms with Crippen LogP contribution in [0.2, 0.25) is 0 Å². The zero-order valence-electron chi connectivity index (χ0n) is 9.71. The molecule has 2 N–H and O–H groups in total. The normalized spacial score (nSPS) is 19.5. The molecule has 0 amide bonds. The first kappa shape index (κ1) is 12.6. The maximum Gasteiger partial charge on any atom is 0.0701 e. The van der Waals surface area contributed by atoms with Gasteiger partial charge in [-0.25, -0.2) is 0 Å². The molecule has 2 nitrogen and oxygen atoms in total. The summed E-state index contributed by atoms with van der Waals surface area (Å²) in [6.07, 6.45) is 5.17. The van der Waals surface area contributed by atoms with Gasteiger partial charge in [0.25, 0.3) is 0 Å². The van der Waals surface area contributed by atoms with Gasteiger partial charge in [0, 0.05) is 18.6 Å². The largest absolute Gasteiger partial charge is 0.329 e. The molecule has 0 atom stereocenters. The third-order valence-corrected chi connectivity index (χ3v) is 5.32. The highest BCUT2D eigenvalue weighted by Crippen LogP contribution is 2.35. The molecule has 16 heavy (non-hydrogen) atoms. The van der Waals surface area contributed by atoms with Gasteiger partial charge in [0.2, 0.25) is 0 Å². The summed E-state index contributed by atoms with van der Waals surface area (Å²) in [5.41, 5.74) is 7.63. The minimum Gasteiger partial charge on any atom is -0.329 e. The molecule has 90 valence electrons. The van der Waals surface area contributed by atoms with Crippen LogP contribution in [-0.2, 0) is 6.54 Å². The Morgan fingerprint density at radius 1 is 1.50 bits per heavy atom. The fourth-order valence-electron chi connectivity index (χ4n) is 2.65. The second-order valence-corrected chi connectivity index (χ2v) is 7.04. The van der Waals surface area contributed by atoms with E-state index in [1.807, 2.05) is 0 Å². The third-order valence-electron chi connectivity index (χ3n) is 3.77. The van der Waals surface area contributed by atoms with Crippen LogP contribution in [0.4, 0.5) is 0 Å². The molecule has 0 bridgehead atoms. The van der Waals surface area contributed by atoms with Crippen LogP contribution in [0.15, 0.2) is 15.2 Å². The first-order chi connectivity index (χ1) is 7.66. The molecule has 1 aliphatic rings. The molecule has 0 unspecified atom stereocenters. The average molecular weight is 303 g/mol. The van der Waals surface area contributed by atoms with Crippen molar-refractivity contribution in [1.82, 2.24) is 4.90 Å². The zero-order chi connectivity index (χ0) is 11.6. The van der Waals surface area contributed by atoms with Gasteiger partial charge in [-0.2, -0.15) is 0 Å². The SMILES string of the molecule is CN(Cc1csc(Br)c1)C1(CN)CCCC1. The lowest BCUT2D eigenvalue weighted by Crippen LogP contribution is -2.49. The van der Waals surface area contributed by atoms with Crippen molar-refractivity contribution in [3.05, 3.63) is 20.8 Å². The van der Waals surface area contributed by atoms with Crippen LogP contribution in [0.1, 0.15) is 31.2 Å². The van der Waals surface area contributed by atoms with Crippen LogP contribution in [0, 0.1) is 0 Å². The fourth-order valence-corrected chi connectivity index (χ4v) is 3.85. The summed E-state index contributed by atoms with van der Waals surface area (Å²) >= 11 is 5.27. The van der Waals surface area contributed by atoms with Gasteiger partial charge in [0.05, 0.1) is 3.79 Å². The number of hydrogen-bond donors (Lipinski definition) is 1. The van der Waals surface area contributed by atoms with Crippen LogP contribution in [0.5, 0.6) is 0 Å². The van der Waals surface area contributed by atoms with E-state index in [4.69, 9.17) is 5.73 Å². The van der Waals surface area contributed by atoms with E-state index in [2.05, 4.69) is 39.3 Å². The van der Waals surface area contributed by atoms with Gasteiger partial charge < -0.3 is 5.73 Å². The molecule has 0 aromatic carbocycles. The number of rotatable bonds is 4. The monoisotopic (exact) mass is 302 g/mol. The van der Waals surface area contributed by atoms with Crippen LogP contribution in [0.25, 0.3) is 0 Å². The highest BCUT2D eigenvalue weighted by Gasteiger charge is 2.36. The summed E-state index contributed by atoms with van der Waals surface area (Å²) < 4.78 is 1.21. The molecule has 1 saturated carbocycles. The number of nitrogens with two attached hydrogens (primary N) is 1. The van der Waals surface area contributed by atoms with Crippen molar-refractivity contribution in [2.24, 2.45) is 5.73 Å². The first-order valence-electron chi connectivity index (χ1n) is 5.80. The Bertz CT molecular complexity index is 345. The third kappa shape index (κ3) is 2.50. The van der Waals surface area contributed by atoms with Gasteiger partial charge >= 0.3 is 0 Å². The van der Waals surface area contributed by atoms with Crippen molar-refractivity contribution in [2.45, 2.75) is 37.8 Å². The second-order valence-electron chi connectivity index (χ2n) is 4.75. The molecule has 1 aliphatic carbocycles. The number of nitrogens with zero attached hydrogens (tertiary/aromatic N) is 1. The smallest absolute Gasteiger partial charge is 0.0701 e. The van der Waals surface area contributed by atoms with E-state index in [0.29, 0.717) is 0 Å². The number of hydrogen-bond acceptors (Lipinski definition) is 3. The van der Waals surface area contributed by atoms with Crippen molar-refractivity contribution >= 4 is 27.3 Å². The van der Waals surface area contributed by atoms with E-state index in [9.17, 15) is 0 Å². The zero-order valence-corrected chi connectivity index (χ0v) is 12.1. The molecular weight excluding hydrogens is 284 g/mol. The lowest BCUT2D eigenvalue weighted by molar-refractivity contribution is 0.124. The first-order valence-corrected chi connectivity index (χ1v) is 7.48. The van der Waals surface area contributed by atoms with Crippen molar-refractivity contribution < 1.29 is 0 Å². The predicted molar refractivity (Wildman–Crippen MR) is 73.7 cm³/mol. The molecule has 1 heterocycles. The van der Waals surface area contributed by atoms with Crippen LogP contribution in [-0.4, -0.2) is 24.0 Å². The van der Waals surface area contributed by atoms with E-state index in [1.165, 1.54) is 35.0 Å². The quantitative estimate of drug-likeness (QED) is 0.925. The topological polar surface area (TPSA) is 29.3 Å². The van der Waals surface area contributed by atoms with Gasteiger partial charge in [-0.1, -0.05) is 12.8 Å². The maximum atomic E-state index is 5.98. The highest BCUT2D eigenvalue weighted by molar-refractivity contribution is 9.11. The van der Waals surface area contributed by atoms with Crippen molar-refractivity contribution in [3.8, 4) is 0 Å². The van der Waals surface area contributed by atoms with Crippen LogP contribution in [0.3, 0.4) is 0 Å². The minimum absolute atomic E-state index is 0.258. The van der Waals surface area contributed by atoms with Gasteiger partial charge in [-0.05, 0) is 52.8 Å². The van der Waals surface area contributed by atoms with Crippen molar-refractivity contribution in [3.63, 3.8) is 0 Å². The van der Waals surface area contributed by atoms with E-state index in [0.717, 1.165) is 13.1 Å². The van der Waals surface area contributed by atoms with Gasteiger partial charge in [-0.3, -0.25) is 4.90 Å². The van der Waals surface area contributed by atoms with Gasteiger partial charge in [0.1, 0.15) is 0 Å². The maximum absolute atomic E-state index is 5.98. The summed E-state index contributed by atoms with van der Waals surface area (Å²) in [6.45, 7) is 1.80. The highest BCUT2D eigenvalue weighted by atomic mass is 79.9. The Morgan fingerprint density at radius 3 is 2.69 bits per heavy atom. The number of halogens is 1. The van der Waals surface area contributed by atoms with E-state index in [1.54, 1.807) is 11.3 Å². The number of likely N-dealkylation sites (N-methyl/N-ethyl adjacent to an activating group) is 1. The molecule has 0 saturated heterocycles. The predicted octanol–water partition coefficient (Wildman–Crippen LogP) is 3.21. The van der Waals surface area contributed by atoms with E-state index >= 15 is 0 Å². The standard InChI is InChI=1S/C12H19BrN2S/c1-15(7-10-6-11(13)16-8-10)12(9-14)4-2-3-5-12/h6,8H,2-5,7,9,14H2,1H3. The van der Waals surface area contributed by atoms with E-state index < -0.39 is 0 Å². The Hall–Kier alpha value is 0.1000. The molecular formula is C12H19BrN2S. The summed E-state index contributed by atoms with van der Waals surface area (Å²) in [7, 11) is 2.21. The molecule has 2 rings (SSSR count). The van der Waals surface area contributed by atoms with Crippen molar-refractivity contribution in [1.29, 1.82) is 0 Å². The Labute approximate surface area is 110 Å². The van der Waals surface area contributed by atoms with Gasteiger partial charge in [-0.15, -0.1) is 11.3 Å². The number of thiophene rings is 1. The average Bonchev–Trinajstić information content (AvgIpc) is 2.88. The second kappa shape index (κ2) is 5.17. The fraction of sp³-hybridized carbons (Fsp3) is 0.667. The molecule has 1 aromatic rings. The lowest BCUT2D eigenvalue weighted by atomic mass is 9.95.